The molecule has 0 aromatic heterocycles. The summed E-state index contributed by atoms with van der Waals surface area (Å²) in [6.45, 7) is 5.13. The third-order valence-corrected chi connectivity index (χ3v) is 6.33. The van der Waals surface area contributed by atoms with Crippen molar-refractivity contribution in [3.05, 3.63) is 58.9 Å². The van der Waals surface area contributed by atoms with E-state index < -0.39 is 16.0 Å². The maximum atomic E-state index is 14.7. The molecule has 0 radical (unpaired) electrons. The third-order valence-electron chi connectivity index (χ3n) is 4.51. The Labute approximate surface area is 154 Å². The fourth-order valence-electron chi connectivity index (χ4n) is 3.21. The van der Waals surface area contributed by atoms with Crippen molar-refractivity contribution >= 4 is 21.6 Å². The zero-order valence-electron chi connectivity index (χ0n) is 15.3. The van der Waals surface area contributed by atoms with Crippen LogP contribution in [0.2, 0.25) is 0 Å². The molecule has 3 rings (SSSR count). The highest BCUT2D eigenvalue weighted by Gasteiger charge is 2.38. The Hall–Kier alpha value is -1.96. The van der Waals surface area contributed by atoms with Crippen LogP contribution in [0.5, 0.6) is 0 Å². The number of fused-ring (bicyclic) bond motifs is 1. The Morgan fingerprint density at radius 2 is 1.73 bits per heavy atom. The summed E-state index contributed by atoms with van der Waals surface area (Å²) in [7, 11) is -2.03. The maximum Gasteiger partial charge on any atom is 0.308 e. The number of aryl methyl sites for hydroxylation is 2. The fraction of sp³-hybridized carbons (Fsp3) is 0.368. The van der Waals surface area contributed by atoms with Crippen LogP contribution in [0.3, 0.4) is 0 Å². The summed E-state index contributed by atoms with van der Waals surface area (Å²) in [5, 5.41) is 3.03. The number of benzene rings is 2. The number of hydrogen-bond acceptors (Lipinski definition) is 3. The Morgan fingerprint density at radius 3 is 2.38 bits per heavy atom. The van der Waals surface area contributed by atoms with Crippen molar-refractivity contribution in [2.45, 2.75) is 26.8 Å². The summed E-state index contributed by atoms with van der Waals surface area (Å²) in [6, 6.07) is 10.2. The van der Waals surface area contributed by atoms with Crippen LogP contribution in [0.1, 0.15) is 23.1 Å². The average molecular weight is 377 g/mol. The van der Waals surface area contributed by atoms with Crippen LogP contribution < -0.4 is 9.62 Å². The number of anilines is 2. The van der Waals surface area contributed by atoms with Crippen molar-refractivity contribution in [3.8, 4) is 0 Å². The quantitative estimate of drug-likeness (QED) is 0.814. The molecule has 7 heteroatoms. The first-order chi connectivity index (χ1) is 12.3. The molecule has 0 atom stereocenters. The van der Waals surface area contributed by atoms with Crippen molar-refractivity contribution in [3.63, 3.8) is 0 Å². The van der Waals surface area contributed by atoms with Gasteiger partial charge in [-0.05, 0) is 63.2 Å². The van der Waals surface area contributed by atoms with Gasteiger partial charge in [-0.3, -0.25) is 0 Å². The molecule has 26 heavy (non-hydrogen) atoms. The minimum atomic E-state index is -3.86. The van der Waals surface area contributed by atoms with Gasteiger partial charge >= 0.3 is 10.2 Å². The fourth-order valence-corrected chi connectivity index (χ4v) is 4.92. The number of hydrogen-bond donors (Lipinski definition) is 1. The van der Waals surface area contributed by atoms with E-state index in [1.807, 2.05) is 26.1 Å². The third kappa shape index (κ3) is 3.47. The van der Waals surface area contributed by atoms with E-state index in [9.17, 15) is 12.8 Å². The first-order valence-electron chi connectivity index (χ1n) is 8.65. The van der Waals surface area contributed by atoms with Crippen LogP contribution in [-0.2, 0) is 16.8 Å². The lowest BCUT2D eigenvalue weighted by Crippen LogP contribution is -2.46. The number of rotatable bonds is 5. The standard InChI is InChI=1S/C19H24FN3O2S/c1-14-5-7-18-16(11-14)13-22(10-4-9-21-3)26(24,25)23(18)19-8-6-15(2)12-17(19)20/h5-8,11-12,21H,4,9-10,13H2,1-3H3. The molecule has 2 aromatic rings. The molecule has 5 nitrogen and oxygen atoms in total. The second-order valence-corrected chi connectivity index (χ2v) is 8.43. The first kappa shape index (κ1) is 18.8. The van der Waals surface area contributed by atoms with E-state index in [0.717, 1.165) is 21.0 Å². The van der Waals surface area contributed by atoms with Crippen LogP contribution >= 0.6 is 0 Å². The van der Waals surface area contributed by atoms with Crippen molar-refractivity contribution in [2.75, 3.05) is 24.4 Å². The summed E-state index contributed by atoms with van der Waals surface area (Å²) in [5.41, 5.74) is 3.24. The molecule has 140 valence electrons. The van der Waals surface area contributed by atoms with Gasteiger partial charge in [-0.2, -0.15) is 12.7 Å². The van der Waals surface area contributed by atoms with E-state index in [1.165, 1.54) is 16.4 Å². The van der Waals surface area contributed by atoms with Crippen LogP contribution in [-0.4, -0.2) is 32.9 Å². The van der Waals surface area contributed by atoms with Crippen molar-refractivity contribution in [1.29, 1.82) is 0 Å². The number of nitrogens with zero attached hydrogens (tertiary/aromatic N) is 2. The monoisotopic (exact) mass is 377 g/mol. The second-order valence-electron chi connectivity index (χ2n) is 6.65. The lowest BCUT2D eigenvalue weighted by molar-refractivity contribution is 0.391. The van der Waals surface area contributed by atoms with Gasteiger partial charge in [0.1, 0.15) is 5.82 Å². The summed E-state index contributed by atoms with van der Waals surface area (Å²) in [4.78, 5) is 0. The molecular weight excluding hydrogens is 353 g/mol. The maximum absolute atomic E-state index is 14.7. The zero-order chi connectivity index (χ0) is 18.9. The summed E-state index contributed by atoms with van der Waals surface area (Å²) < 4.78 is 43.7. The zero-order valence-corrected chi connectivity index (χ0v) is 16.1. The summed E-state index contributed by atoms with van der Waals surface area (Å²) in [6.07, 6.45) is 0.682. The molecule has 0 aliphatic carbocycles. The minimum Gasteiger partial charge on any atom is -0.320 e. The molecular formula is C19H24FN3O2S. The van der Waals surface area contributed by atoms with Crippen molar-refractivity contribution in [2.24, 2.45) is 0 Å². The molecule has 0 fully saturated rings. The largest absolute Gasteiger partial charge is 0.320 e. The molecule has 0 saturated heterocycles. The predicted molar refractivity (Wildman–Crippen MR) is 102 cm³/mol. The molecule has 1 aliphatic rings. The van der Waals surface area contributed by atoms with E-state index in [-0.39, 0.29) is 5.69 Å². The van der Waals surface area contributed by atoms with Crippen LogP contribution in [0.15, 0.2) is 36.4 Å². The van der Waals surface area contributed by atoms with Gasteiger partial charge in [0, 0.05) is 13.1 Å². The second kappa shape index (κ2) is 7.34. The Kier molecular flexibility index (Phi) is 5.32. The highest BCUT2D eigenvalue weighted by molar-refractivity contribution is 7.90. The van der Waals surface area contributed by atoms with Crippen molar-refractivity contribution < 1.29 is 12.8 Å². The Bertz CT molecular complexity index is 915. The van der Waals surface area contributed by atoms with Gasteiger partial charge in [-0.1, -0.05) is 23.8 Å². The SMILES string of the molecule is CNCCCN1Cc2cc(C)ccc2N(c2ccc(C)cc2F)S1(=O)=O. The molecule has 1 heterocycles. The number of nitrogens with one attached hydrogen (secondary N) is 1. The van der Waals surface area contributed by atoms with Gasteiger partial charge in [0.05, 0.1) is 11.4 Å². The van der Waals surface area contributed by atoms with Gasteiger partial charge < -0.3 is 5.32 Å². The van der Waals surface area contributed by atoms with Gasteiger partial charge in [0.15, 0.2) is 0 Å². The molecule has 0 saturated carbocycles. The molecule has 1 aliphatic heterocycles. The van der Waals surface area contributed by atoms with Gasteiger partial charge in [0.25, 0.3) is 0 Å². The van der Waals surface area contributed by atoms with E-state index in [2.05, 4.69) is 5.32 Å². The minimum absolute atomic E-state index is 0.0546. The highest BCUT2D eigenvalue weighted by Crippen LogP contribution is 2.39. The van der Waals surface area contributed by atoms with E-state index in [1.54, 1.807) is 19.1 Å². The normalized spacial score (nSPS) is 16.5. The molecule has 1 N–H and O–H groups in total. The van der Waals surface area contributed by atoms with E-state index in [0.29, 0.717) is 31.7 Å². The highest BCUT2D eigenvalue weighted by atomic mass is 32.2. The van der Waals surface area contributed by atoms with Gasteiger partial charge in [-0.15, -0.1) is 0 Å². The van der Waals surface area contributed by atoms with Crippen molar-refractivity contribution in [1.82, 2.24) is 9.62 Å². The van der Waals surface area contributed by atoms with E-state index >= 15 is 0 Å². The summed E-state index contributed by atoms with van der Waals surface area (Å²) >= 11 is 0. The predicted octanol–water partition coefficient (Wildman–Crippen LogP) is 3.25. The molecule has 0 amide bonds. The van der Waals surface area contributed by atoms with Crippen LogP contribution in [0.4, 0.5) is 15.8 Å². The molecule has 0 unspecified atom stereocenters. The van der Waals surface area contributed by atoms with Gasteiger partial charge in [-0.25, -0.2) is 8.70 Å². The summed E-state index contributed by atoms with van der Waals surface area (Å²) in [5.74, 6) is -0.544. The smallest absolute Gasteiger partial charge is 0.308 e. The van der Waals surface area contributed by atoms with Gasteiger partial charge in [0.2, 0.25) is 0 Å². The van der Waals surface area contributed by atoms with Crippen LogP contribution in [0.25, 0.3) is 0 Å². The molecule has 2 aromatic carbocycles. The first-order valence-corrected chi connectivity index (χ1v) is 10.0. The average Bonchev–Trinajstić information content (AvgIpc) is 2.57. The molecule has 0 bridgehead atoms. The lowest BCUT2D eigenvalue weighted by atomic mass is 10.1. The van der Waals surface area contributed by atoms with E-state index in [4.69, 9.17) is 0 Å². The topological polar surface area (TPSA) is 52.6 Å². The lowest BCUT2D eigenvalue weighted by Gasteiger charge is -2.37. The Morgan fingerprint density at radius 1 is 1.08 bits per heavy atom. The number of halogens is 1. The van der Waals surface area contributed by atoms with Crippen LogP contribution in [0, 0.1) is 19.7 Å². The Balaban J connectivity index is 2.13. The molecule has 0 spiro atoms.